The van der Waals surface area contributed by atoms with E-state index in [0.717, 1.165) is 18.5 Å². The van der Waals surface area contributed by atoms with Gasteiger partial charge in [-0.15, -0.1) is 0 Å². The van der Waals surface area contributed by atoms with Crippen molar-refractivity contribution < 1.29 is 4.92 Å². The van der Waals surface area contributed by atoms with Gasteiger partial charge in [-0.05, 0) is 31.4 Å². The first kappa shape index (κ1) is 13.6. The highest BCUT2D eigenvalue weighted by Crippen LogP contribution is 2.17. The molecule has 0 saturated carbocycles. The van der Waals surface area contributed by atoms with Gasteiger partial charge in [0.05, 0.1) is 4.92 Å². The first-order valence-corrected chi connectivity index (χ1v) is 6.01. The van der Waals surface area contributed by atoms with Crippen LogP contribution in [0.3, 0.4) is 0 Å². The Labute approximate surface area is 102 Å². The molecule has 0 fully saturated rings. The van der Waals surface area contributed by atoms with Crippen molar-refractivity contribution in [2.45, 2.75) is 33.2 Å². The van der Waals surface area contributed by atoms with Crippen LogP contribution in [0.4, 0.5) is 5.69 Å². The smallest absolute Gasteiger partial charge is 0.269 e. The first-order valence-electron chi connectivity index (χ1n) is 6.01. The van der Waals surface area contributed by atoms with Crippen molar-refractivity contribution in [1.82, 2.24) is 5.32 Å². The van der Waals surface area contributed by atoms with Crippen LogP contribution in [0.15, 0.2) is 24.3 Å². The van der Waals surface area contributed by atoms with Gasteiger partial charge in [-0.1, -0.05) is 26.0 Å². The van der Waals surface area contributed by atoms with E-state index >= 15 is 0 Å². The van der Waals surface area contributed by atoms with Gasteiger partial charge in [-0.25, -0.2) is 0 Å². The van der Waals surface area contributed by atoms with E-state index in [1.54, 1.807) is 12.1 Å². The summed E-state index contributed by atoms with van der Waals surface area (Å²) in [7, 11) is 0. The van der Waals surface area contributed by atoms with Crippen LogP contribution in [-0.4, -0.2) is 17.5 Å². The molecule has 0 aliphatic carbocycles. The van der Waals surface area contributed by atoms with E-state index in [1.165, 1.54) is 6.07 Å². The maximum Gasteiger partial charge on any atom is 0.269 e. The molecule has 0 aliphatic heterocycles. The molecular formula is C13H20N2O2. The Morgan fingerprint density at radius 3 is 2.71 bits per heavy atom. The summed E-state index contributed by atoms with van der Waals surface area (Å²) in [4.78, 5) is 10.3. The van der Waals surface area contributed by atoms with Crippen LogP contribution in [0.1, 0.15) is 26.3 Å². The molecule has 0 saturated heterocycles. The van der Waals surface area contributed by atoms with Crippen molar-refractivity contribution in [3.63, 3.8) is 0 Å². The molecule has 0 aliphatic rings. The second-order valence-corrected chi connectivity index (χ2v) is 4.45. The Morgan fingerprint density at radius 1 is 1.41 bits per heavy atom. The monoisotopic (exact) mass is 236 g/mol. The molecular weight excluding hydrogens is 216 g/mol. The van der Waals surface area contributed by atoms with Crippen molar-refractivity contribution >= 4 is 5.69 Å². The standard InChI is InChI=1S/C13H20N2O2/c1-4-14-11(3)10(2)8-12-6-5-7-13(9-12)15(16)17/h5-7,9-11,14H,4,8H2,1-3H3. The van der Waals surface area contributed by atoms with E-state index in [4.69, 9.17) is 0 Å². The third-order valence-electron chi connectivity index (χ3n) is 3.06. The van der Waals surface area contributed by atoms with E-state index in [9.17, 15) is 10.1 Å². The lowest BCUT2D eigenvalue weighted by Gasteiger charge is -2.20. The molecule has 0 amide bonds. The second kappa shape index (κ2) is 6.35. The summed E-state index contributed by atoms with van der Waals surface area (Å²) in [5.41, 5.74) is 1.20. The minimum absolute atomic E-state index is 0.172. The molecule has 4 nitrogen and oxygen atoms in total. The quantitative estimate of drug-likeness (QED) is 0.610. The molecule has 1 aromatic rings. The zero-order valence-corrected chi connectivity index (χ0v) is 10.6. The van der Waals surface area contributed by atoms with Crippen LogP contribution in [-0.2, 0) is 6.42 Å². The molecule has 2 atom stereocenters. The largest absolute Gasteiger partial charge is 0.314 e. The van der Waals surface area contributed by atoms with Crippen LogP contribution in [0.25, 0.3) is 0 Å². The molecule has 0 aromatic heterocycles. The number of nitro groups is 1. The van der Waals surface area contributed by atoms with E-state index in [2.05, 4.69) is 26.1 Å². The molecule has 0 heterocycles. The van der Waals surface area contributed by atoms with Gasteiger partial charge in [-0.2, -0.15) is 0 Å². The van der Waals surface area contributed by atoms with E-state index < -0.39 is 0 Å². The highest BCUT2D eigenvalue weighted by atomic mass is 16.6. The number of non-ortho nitro benzene ring substituents is 1. The lowest BCUT2D eigenvalue weighted by atomic mass is 9.95. The van der Waals surface area contributed by atoms with Gasteiger partial charge in [0.25, 0.3) is 5.69 Å². The third kappa shape index (κ3) is 4.15. The molecule has 17 heavy (non-hydrogen) atoms. The van der Waals surface area contributed by atoms with Gasteiger partial charge >= 0.3 is 0 Å². The Kier molecular flexibility index (Phi) is 5.10. The molecule has 94 valence electrons. The van der Waals surface area contributed by atoms with Crippen LogP contribution in [0.5, 0.6) is 0 Å². The number of hydrogen-bond donors (Lipinski definition) is 1. The first-order chi connectivity index (χ1) is 8.04. The van der Waals surface area contributed by atoms with Gasteiger partial charge in [0.15, 0.2) is 0 Å². The summed E-state index contributed by atoms with van der Waals surface area (Å²) in [6.45, 7) is 7.33. The van der Waals surface area contributed by atoms with Gasteiger partial charge in [-0.3, -0.25) is 10.1 Å². The predicted octanol–water partition coefficient (Wildman–Crippen LogP) is 2.77. The Balaban J connectivity index is 2.68. The van der Waals surface area contributed by atoms with Crippen LogP contribution < -0.4 is 5.32 Å². The topological polar surface area (TPSA) is 55.2 Å². The summed E-state index contributed by atoms with van der Waals surface area (Å²) in [5.74, 6) is 0.456. The number of nitrogens with zero attached hydrogens (tertiary/aromatic N) is 1. The number of benzene rings is 1. The number of hydrogen-bond acceptors (Lipinski definition) is 3. The zero-order valence-electron chi connectivity index (χ0n) is 10.6. The fraction of sp³-hybridized carbons (Fsp3) is 0.538. The number of nitro benzene ring substituents is 1. The SMILES string of the molecule is CCNC(C)C(C)Cc1cccc([N+](=O)[O-])c1. The summed E-state index contributed by atoms with van der Waals surface area (Å²) in [6.07, 6.45) is 0.857. The Bertz CT molecular complexity index is 379. The lowest BCUT2D eigenvalue weighted by molar-refractivity contribution is -0.384. The maximum absolute atomic E-state index is 10.7. The summed E-state index contributed by atoms with van der Waals surface area (Å²) in [5, 5.41) is 14.0. The van der Waals surface area contributed by atoms with Gasteiger partial charge in [0.1, 0.15) is 0 Å². The molecule has 4 heteroatoms. The molecule has 0 spiro atoms. The average Bonchev–Trinajstić information content (AvgIpc) is 2.29. The summed E-state index contributed by atoms with van der Waals surface area (Å²) in [6, 6.07) is 7.30. The highest BCUT2D eigenvalue weighted by molar-refractivity contribution is 5.34. The van der Waals surface area contributed by atoms with Crippen molar-refractivity contribution in [2.24, 2.45) is 5.92 Å². The van der Waals surface area contributed by atoms with E-state index in [0.29, 0.717) is 12.0 Å². The Morgan fingerprint density at radius 2 is 2.12 bits per heavy atom. The van der Waals surface area contributed by atoms with Crippen LogP contribution in [0, 0.1) is 16.0 Å². The Hall–Kier alpha value is -1.42. The van der Waals surface area contributed by atoms with Crippen molar-refractivity contribution in [3.8, 4) is 0 Å². The molecule has 1 N–H and O–H groups in total. The average molecular weight is 236 g/mol. The second-order valence-electron chi connectivity index (χ2n) is 4.45. The minimum atomic E-state index is -0.345. The maximum atomic E-state index is 10.7. The predicted molar refractivity (Wildman–Crippen MR) is 69.1 cm³/mol. The van der Waals surface area contributed by atoms with Crippen molar-refractivity contribution in [2.75, 3.05) is 6.54 Å². The van der Waals surface area contributed by atoms with E-state index in [1.807, 2.05) is 6.07 Å². The minimum Gasteiger partial charge on any atom is -0.314 e. The molecule has 0 bridgehead atoms. The summed E-state index contributed by atoms with van der Waals surface area (Å²) < 4.78 is 0. The van der Waals surface area contributed by atoms with Gasteiger partial charge < -0.3 is 5.32 Å². The van der Waals surface area contributed by atoms with Gasteiger partial charge in [0.2, 0.25) is 0 Å². The van der Waals surface area contributed by atoms with E-state index in [-0.39, 0.29) is 10.6 Å². The molecule has 1 aromatic carbocycles. The molecule has 2 unspecified atom stereocenters. The van der Waals surface area contributed by atoms with Crippen molar-refractivity contribution in [3.05, 3.63) is 39.9 Å². The third-order valence-corrected chi connectivity index (χ3v) is 3.06. The highest BCUT2D eigenvalue weighted by Gasteiger charge is 2.13. The molecule has 1 rings (SSSR count). The normalized spacial score (nSPS) is 14.3. The fourth-order valence-corrected chi connectivity index (χ4v) is 1.87. The van der Waals surface area contributed by atoms with Crippen LogP contribution >= 0.6 is 0 Å². The van der Waals surface area contributed by atoms with Gasteiger partial charge in [0, 0.05) is 18.2 Å². The lowest BCUT2D eigenvalue weighted by Crippen LogP contribution is -2.32. The number of rotatable bonds is 6. The fourth-order valence-electron chi connectivity index (χ4n) is 1.87. The van der Waals surface area contributed by atoms with Crippen LogP contribution in [0.2, 0.25) is 0 Å². The summed E-state index contributed by atoms with van der Waals surface area (Å²) >= 11 is 0. The number of nitrogens with one attached hydrogen (secondary N) is 1. The zero-order chi connectivity index (χ0) is 12.8. The molecule has 0 radical (unpaired) electrons. The van der Waals surface area contributed by atoms with Crippen molar-refractivity contribution in [1.29, 1.82) is 0 Å².